The lowest BCUT2D eigenvalue weighted by Gasteiger charge is -2.22. The number of aromatic nitrogens is 1. The van der Waals surface area contributed by atoms with Crippen molar-refractivity contribution in [2.24, 2.45) is 0 Å². The fourth-order valence-corrected chi connectivity index (χ4v) is 2.46. The lowest BCUT2D eigenvalue weighted by Crippen LogP contribution is -2.32. The number of carbonyl (C=O) groups excluding carboxylic acids is 1. The molecule has 6 nitrogen and oxygen atoms in total. The van der Waals surface area contributed by atoms with Gasteiger partial charge in [-0.1, -0.05) is 6.42 Å². The van der Waals surface area contributed by atoms with E-state index in [2.05, 4.69) is 4.98 Å². The topological polar surface area (TPSA) is 79.7 Å². The smallest absolute Gasteiger partial charge is 0.323 e. The Morgan fingerprint density at radius 3 is 2.76 bits per heavy atom. The van der Waals surface area contributed by atoms with Gasteiger partial charge in [0.2, 0.25) is 5.88 Å². The lowest BCUT2D eigenvalue weighted by atomic mass is 9.98. The van der Waals surface area contributed by atoms with E-state index in [4.69, 9.17) is 9.84 Å². The van der Waals surface area contributed by atoms with Gasteiger partial charge in [-0.25, -0.2) is 4.98 Å². The Labute approximate surface area is 123 Å². The highest BCUT2D eigenvalue weighted by molar-refractivity contribution is 5.95. The third kappa shape index (κ3) is 4.44. The summed E-state index contributed by atoms with van der Waals surface area (Å²) in [5.41, 5.74) is 0.388. The number of nitrogens with zero attached hydrogens (tertiary/aromatic N) is 2. The van der Waals surface area contributed by atoms with Crippen molar-refractivity contribution in [3.63, 3.8) is 0 Å². The number of hydrogen-bond acceptors (Lipinski definition) is 4. The van der Waals surface area contributed by atoms with Gasteiger partial charge in [-0.3, -0.25) is 9.59 Å². The van der Waals surface area contributed by atoms with Crippen LogP contribution in [0.5, 0.6) is 5.88 Å². The van der Waals surface area contributed by atoms with Crippen LogP contribution in [0.25, 0.3) is 0 Å². The van der Waals surface area contributed by atoms with E-state index >= 15 is 0 Å². The van der Waals surface area contributed by atoms with Gasteiger partial charge in [-0.15, -0.1) is 0 Å². The molecule has 0 spiro atoms. The largest absolute Gasteiger partial charge is 0.480 e. The maximum Gasteiger partial charge on any atom is 0.323 e. The van der Waals surface area contributed by atoms with Crippen LogP contribution in [-0.2, 0) is 4.79 Å². The van der Waals surface area contributed by atoms with Crippen LogP contribution in [0, 0.1) is 0 Å². The Morgan fingerprint density at radius 2 is 2.10 bits per heavy atom. The van der Waals surface area contributed by atoms with Crippen molar-refractivity contribution in [2.45, 2.75) is 38.2 Å². The Hall–Kier alpha value is -2.11. The summed E-state index contributed by atoms with van der Waals surface area (Å²) in [6.45, 7) is -0.333. The molecule has 1 aromatic heterocycles. The Bertz CT molecular complexity index is 512. The Morgan fingerprint density at radius 1 is 1.38 bits per heavy atom. The van der Waals surface area contributed by atoms with E-state index in [0.29, 0.717) is 11.4 Å². The monoisotopic (exact) mass is 292 g/mol. The molecule has 0 atom stereocenters. The van der Waals surface area contributed by atoms with E-state index in [1.165, 1.54) is 19.7 Å². The zero-order valence-corrected chi connectivity index (χ0v) is 12.1. The second-order valence-corrected chi connectivity index (χ2v) is 5.32. The molecule has 0 bridgehead atoms. The normalized spacial score (nSPS) is 15.5. The van der Waals surface area contributed by atoms with E-state index in [9.17, 15) is 9.59 Å². The van der Waals surface area contributed by atoms with Crippen LogP contribution in [0.3, 0.4) is 0 Å². The highest BCUT2D eigenvalue weighted by atomic mass is 16.5. The summed E-state index contributed by atoms with van der Waals surface area (Å²) < 4.78 is 5.81. The van der Waals surface area contributed by atoms with Crippen LogP contribution < -0.4 is 4.74 Å². The molecule has 1 aliphatic rings. The van der Waals surface area contributed by atoms with Gasteiger partial charge >= 0.3 is 5.97 Å². The van der Waals surface area contributed by atoms with Gasteiger partial charge in [0.15, 0.2) is 0 Å². The molecule has 0 radical (unpaired) electrons. The lowest BCUT2D eigenvalue weighted by molar-refractivity contribution is -0.137. The second kappa shape index (κ2) is 7.06. The number of pyridine rings is 1. The fourth-order valence-electron chi connectivity index (χ4n) is 2.46. The molecule has 1 heterocycles. The predicted octanol–water partition coefficient (Wildman–Crippen LogP) is 1.95. The number of rotatable bonds is 5. The number of carbonyl (C=O) groups is 2. The number of amides is 1. The van der Waals surface area contributed by atoms with Crippen LogP contribution in [-0.4, -0.2) is 46.6 Å². The molecule has 1 aromatic rings. The van der Waals surface area contributed by atoms with Gasteiger partial charge in [0, 0.05) is 24.9 Å². The third-order valence-electron chi connectivity index (χ3n) is 3.54. The van der Waals surface area contributed by atoms with Gasteiger partial charge in [-0.05, 0) is 31.7 Å². The first-order valence-electron chi connectivity index (χ1n) is 7.16. The van der Waals surface area contributed by atoms with Gasteiger partial charge in [0.25, 0.3) is 5.91 Å². The molecule has 21 heavy (non-hydrogen) atoms. The van der Waals surface area contributed by atoms with E-state index in [-0.39, 0.29) is 18.6 Å². The van der Waals surface area contributed by atoms with Crippen molar-refractivity contribution in [1.82, 2.24) is 9.88 Å². The van der Waals surface area contributed by atoms with E-state index in [0.717, 1.165) is 30.6 Å². The molecule has 2 rings (SSSR count). The van der Waals surface area contributed by atoms with Gasteiger partial charge in [0.1, 0.15) is 12.6 Å². The molecule has 1 fully saturated rings. The number of ether oxygens (including phenoxy) is 1. The minimum Gasteiger partial charge on any atom is -0.480 e. The zero-order valence-electron chi connectivity index (χ0n) is 12.1. The molecule has 114 valence electrons. The fraction of sp³-hybridized carbons (Fsp3) is 0.533. The molecule has 1 N–H and O–H groups in total. The molecule has 0 saturated heterocycles. The van der Waals surface area contributed by atoms with E-state index < -0.39 is 5.97 Å². The van der Waals surface area contributed by atoms with Crippen molar-refractivity contribution in [2.75, 3.05) is 13.6 Å². The molecule has 6 heteroatoms. The number of carboxylic acid groups (broad SMARTS) is 1. The van der Waals surface area contributed by atoms with Crippen molar-refractivity contribution >= 4 is 11.9 Å². The predicted molar refractivity (Wildman–Crippen MR) is 76.3 cm³/mol. The summed E-state index contributed by atoms with van der Waals surface area (Å²) >= 11 is 0. The van der Waals surface area contributed by atoms with Gasteiger partial charge in [-0.2, -0.15) is 0 Å². The first kappa shape index (κ1) is 15.3. The zero-order chi connectivity index (χ0) is 15.2. The number of carboxylic acids is 1. The van der Waals surface area contributed by atoms with E-state index in [1.54, 1.807) is 12.1 Å². The van der Waals surface area contributed by atoms with Crippen LogP contribution in [0.4, 0.5) is 0 Å². The summed E-state index contributed by atoms with van der Waals surface area (Å²) in [4.78, 5) is 28.0. The molecule has 0 aromatic carbocycles. The van der Waals surface area contributed by atoms with Crippen LogP contribution in [0.1, 0.15) is 42.5 Å². The molecule has 1 saturated carbocycles. The highest BCUT2D eigenvalue weighted by Gasteiger charge is 2.18. The Kier molecular flexibility index (Phi) is 5.14. The molecule has 0 unspecified atom stereocenters. The third-order valence-corrected chi connectivity index (χ3v) is 3.54. The van der Waals surface area contributed by atoms with E-state index in [1.807, 2.05) is 0 Å². The van der Waals surface area contributed by atoms with Crippen molar-refractivity contribution < 1.29 is 19.4 Å². The summed E-state index contributed by atoms with van der Waals surface area (Å²) in [6, 6.07) is 3.14. The minimum absolute atomic E-state index is 0.161. The standard InChI is InChI=1S/C15H20N2O4/c1-17(10-14(18)19)15(20)11-7-8-16-13(9-11)21-12-5-3-2-4-6-12/h7-9,12H,2-6,10H2,1H3,(H,18,19). The van der Waals surface area contributed by atoms with Crippen LogP contribution in [0.15, 0.2) is 18.3 Å². The SMILES string of the molecule is CN(CC(=O)O)C(=O)c1ccnc(OC2CCCCC2)c1. The first-order chi connectivity index (χ1) is 10.1. The summed E-state index contributed by atoms with van der Waals surface area (Å²) in [6.07, 6.45) is 7.26. The summed E-state index contributed by atoms with van der Waals surface area (Å²) in [7, 11) is 1.46. The molecule has 1 aliphatic carbocycles. The first-order valence-corrected chi connectivity index (χ1v) is 7.16. The molecular weight excluding hydrogens is 272 g/mol. The average Bonchev–Trinajstić information content (AvgIpc) is 2.47. The van der Waals surface area contributed by atoms with Crippen molar-refractivity contribution in [1.29, 1.82) is 0 Å². The van der Waals surface area contributed by atoms with Crippen LogP contribution in [0.2, 0.25) is 0 Å². The Balaban J connectivity index is 2.02. The molecule has 1 amide bonds. The summed E-state index contributed by atoms with van der Waals surface area (Å²) in [5, 5.41) is 8.72. The maximum atomic E-state index is 12.1. The molecule has 0 aliphatic heterocycles. The average molecular weight is 292 g/mol. The van der Waals surface area contributed by atoms with Crippen molar-refractivity contribution in [3.8, 4) is 5.88 Å². The highest BCUT2D eigenvalue weighted by Crippen LogP contribution is 2.22. The quantitative estimate of drug-likeness (QED) is 0.897. The van der Waals surface area contributed by atoms with Crippen molar-refractivity contribution in [3.05, 3.63) is 23.9 Å². The number of likely N-dealkylation sites (N-methyl/N-ethyl adjacent to an activating group) is 1. The number of hydrogen-bond donors (Lipinski definition) is 1. The van der Waals surface area contributed by atoms with Gasteiger partial charge < -0.3 is 14.7 Å². The second-order valence-electron chi connectivity index (χ2n) is 5.32. The van der Waals surface area contributed by atoms with Gasteiger partial charge in [0.05, 0.1) is 0 Å². The maximum absolute atomic E-state index is 12.1. The minimum atomic E-state index is -1.04. The molecular formula is C15H20N2O4. The van der Waals surface area contributed by atoms with Crippen LogP contribution >= 0.6 is 0 Å². The number of aliphatic carboxylic acids is 1. The summed E-state index contributed by atoms with van der Waals surface area (Å²) in [5.74, 6) is -0.969.